The molecule has 0 fully saturated rings. The predicted octanol–water partition coefficient (Wildman–Crippen LogP) is 3.44. The van der Waals surface area contributed by atoms with Gasteiger partial charge in [-0.2, -0.15) is 0 Å². The van der Waals surface area contributed by atoms with Gasteiger partial charge in [-0.05, 0) is 30.3 Å². The van der Waals surface area contributed by atoms with E-state index in [0.717, 1.165) is 0 Å². The minimum atomic E-state index is -0.476. The molecule has 0 atom stereocenters. The highest BCUT2D eigenvalue weighted by molar-refractivity contribution is 5.69. The Bertz CT molecular complexity index is 882. The number of nitrogen functional groups attached to an aromatic ring is 1. The van der Waals surface area contributed by atoms with Crippen LogP contribution in [0, 0.1) is 15.9 Å². The first-order valence-corrected chi connectivity index (χ1v) is 6.68. The Morgan fingerprint density at radius 3 is 2.22 bits per heavy atom. The summed E-state index contributed by atoms with van der Waals surface area (Å²) in [7, 11) is 0. The number of rotatable bonds is 3. The van der Waals surface area contributed by atoms with Crippen molar-refractivity contribution in [1.29, 1.82) is 0 Å². The van der Waals surface area contributed by atoms with Crippen molar-refractivity contribution in [2.75, 3.05) is 5.73 Å². The number of nitrogens with two attached hydrogens (primary N) is 1. The second kappa shape index (κ2) is 5.80. The van der Waals surface area contributed by atoms with Crippen LogP contribution in [0.25, 0.3) is 22.5 Å². The Hall–Kier alpha value is -3.35. The second-order valence-electron chi connectivity index (χ2n) is 4.81. The van der Waals surface area contributed by atoms with Gasteiger partial charge in [-0.25, -0.2) is 14.4 Å². The van der Waals surface area contributed by atoms with Gasteiger partial charge in [0.25, 0.3) is 5.69 Å². The van der Waals surface area contributed by atoms with Crippen LogP contribution in [0.15, 0.2) is 54.6 Å². The molecule has 0 spiro atoms. The van der Waals surface area contributed by atoms with Gasteiger partial charge in [-0.15, -0.1) is 0 Å². The number of benzene rings is 2. The summed E-state index contributed by atoms with van der Waals surface area (Å²) in [5.74, 6) is -0.336. The molecule has 0 radical (unpaired) electrons. The maximum absolute atomic E-state index is 13.4. The highest BCUT2D eigenvalue weighted by Gasteiger charge is 2.10. The smallest absolute Gasteiger partial charge is 0.269 e. The molecular formula is C16H11FN4O2. The molecule has 114 valence electrons. The maximum Gasteiger partial charge on any atom is 0.269 e. The van der Waals surface area contributed by atoms with E-state index in [1.54, 1.807) is 30.3 Å². The van der Waals surface area contributed by atoms with Gasteiger partial charge < -0.3 is 5.73 Å². The number of hydrogen-bond donors (Lipinski definition) is 1. The van der Waals surface area contributed by atoms with E-state index in [9.17, 15) is 14.5 Å². The van der Waals surface area contributed by atoms with Gasteiger partial charge in [0, 0.05) is 23.3 Å². The molecule has 2 N–H and O–H groups in total. The number of aromatic nitrogens is 2. The molecule has 0 aliphatic carbocycles. The molecule has 0 amide bonds. The van der Waals surface area contributed by atoms with Gasteiger partial charge in [0.15, 0.2) is 0 Å². The average Bonchev–Trinajstić information content (AvgIpc) is 2.54. The lowest BCUT2D eigenvalue weighted by molar-refractivity contribution is -0.384. The predicted molar refractivity (Wildman–Crippen MR) is 83.9 cm³/mol. The first-order valence-electron chi connectivity index (χ1n) is 6.68. The fraction of sp³-hybridized carbons (Fsp3) is 0. The Kier molecular flexibility index (Phi) is 3.68. The third-order valence-electron chi connectivity index (χ3n) is 3.24. The van der Waals surface area contributed by atoms with Crippen molar-refractivity contribution in [3.8, 4) is 22.5 Å². The molecule has 0 aliphatic rings. The average molecular weight is 310 g/mol. The molecule has 3 aromatic rings. The lowest BCUT2D eigenvalue weighted by Crippen LogP contribution is -1.99. The van der Waals surface area contributed by atoms with Crippen LogP contribution < -0.4 is 5.73 Å². The second-order valence-corrected chi connectivity index (χ2v) is 4.81. The molecule has 6 nitrogen and oxygen atoms in total. The summed E-state index contributed by atoms with van der Waals surface area (Å²) < 4.78 is 13.4. The van der Waals surface area contributed by atoms with E-state index in [-0.39, 0.29) is 17.5 Å². The van der Waals surface area contributed by atoms with Gasteiger partial charge in [-0.1, -0.05) is 12.1 Å². The lowest BCUT2D eigenvalue weighted by Gasteiger charge is -2.06. The molecule has 0 unspecified atom stereocenters. The summed E-state index contributed by atoms with van der Waals surface area (Å²) in [5.41, 5.74) is 7.92. The summed E-state index contributed by atoms with van der Waals surface area (Å²) >= 11 is 0. The van der Waals surface area contributed by atoms with Crippen molar-refractivity contribution >= 4 is 11.6 Å². The van der Waals surface area contributed by atoms with E-state index in [1.807, 2.05) is 0 Å². The molecule has 23 heavy (non-hydrogen) atoms. The molecule has 0 saturated carbocycles. The largest absolute Gasteiger partial charge is 0.368 e. The van der Waals surface area contributed by atoms with E-state index in [4.69, 9.17) is 5.73 Å². The number of nitro groups is 1. The maximum atomic E-state index is 13.4. The van der Waals surface area contributed by atoms with Crippen LogP contribution >= 0.6 is 0 Å². The third-order valence-corrected chi connectivity index (χ3v) is 3.24. The Morgan fingerprint density at radius 1 is 0.957 bits per heavy atom. The first kappa shape index (κ1) is 14.6. The van der Waals surface area contributed by atoms with E-state index in [0.29, 0.717) is 22.5 Å². The fourth-order valence-electron chi connectivity index (χ4n) is 2.16. The van der Waals surface area contributed by atoms with E-state index >= 15 is 0 Å². The number of nitrogens with zero attached hydrogens (tertiary/aromatic N) is 3. The Morgan fingerprint density at radius 2 is 1.61 bits per heavy atom. The minimum absolute atomic E-state index is 0.0128. The molecule has 2 aromatic carbocycles. The van der Waals surface area contributed by atoms with Gasteiger partial charge in [0.2, 0.25) is 5.95 Å². The van der Waals surface area contributed by atoms with Crippen LogP contribution in [0.5, 0.6) is 0 Å². The van der Waals surface area contributed by atoms with Crippen LogP contribution in [-0.4, -0.2) is 14.9 Å². The van der Waals surface area contributed by atoms with Crippen LogP contribution in [0.3, 0.4) is 0 Å². The lowest BCUT2D eigenvalue weighted by atomic mass is 10.1. The van der Waals surface area contributed by atoms with Crippen molar-refractivity contribution in [2.45, 2.75) is 0 Å². The van der Waals surface area contributed by atoms with Crippen molar-refractivity contribution < 1.29 is 9.31 Å². The highest BCUT2D eigenvalue weighted by Crippen LogP contribution is 2.26. The minimum Gasteiger partial charge on any atom is -0.368 e. The number of halogens is 1. The van der Waals surface area contributed by atoms with Crippen molar-refractivity contribution in [3.63, 3.8) is 0 Å². The highest BCUT2D eigenvalue weighted by atomic mass is 19.1. The normalized spacial score (nSPS) is 10.5. The van der Waals surface area contributed by atoms with E-state index < -0.39 is 4.92 Å². The molecule has 3 rings (SSSR count). The summed E-state index contributed by atoms with van der Waals surface area (Å²) in [4.78, 5) is 18.5. The SMILES string of the molecule is Nc1nc(-c2ccc([N+](=O)[O-])cc2)cc(-c2cccc(F)c2)n1. The molecule has 0 saturated heterocycles. The van der Waals surface area contributed by atoms with E-state index in [1.165, 1.54) is 24.3 Å². The molecule has 1 aromatic heterocycles. The molecule has 7 heteroatoms. The molecular weight excluding hydrogens is 299 g/mol. The molecule has 0 bridgehead atoms. The number of nitro benzene ring substituents is 1. The van der Waals surface area contributed by atoms with Crippen LogP contribution in [0.2, 0.25) is 0 Å². The number of non-ortho nitro benzene ring substituents is 1. The monoisotopic (exact) mass is 310 g/mol. The zero-order valence-corrected chi connectivity index (χ0v) is 11.8. The van der Waals surface area contributed by atoms with Crippen LogP contribution in [0.4, 0.5) is 16.0 Å². The van der Waals surface area contributed by atoms with Crippen LogP contribution in [0.1, 0.15) is 0 Å². The fourth-order valence-corrected chi connectivity index (χ4v) is 2.16. The Labute approximate surface area is 130 Å². The van der Waals surface area contributed by atoms with Crippen molar-refractivity contribution in [2.24, 2.45) is 0 Å². The summed E-state index contributed by atoms with van der Waals surface area (Å²) in [5, 5.41) is 10.7. The summed E-state index contributed by atoms with van der Waals surface area (Å²) in [6.45, 7) is 0. The molecule has 0 aliphatic heterocycles. The summed E-state index contributed by atoms with van der Waals surface area (Å²) in [6.07, 6.45) is 0. The number of anilines is 1. The Balaban J connectivity index is 2.05. The van der Waals surface area contributed by atoms with Gasteiger partial charge in [-0.3, -0.25) is 10.1 Å². The third kappa shape index (κ3) is 3.13. The van der Waals surface area contributed by atoms with Gasteiger partial charge >= 0.3 is 0 Å². The topological polar surface area (TPSA) is 94.9 Å². The molecule has 1 heterocycles. The van der Waals surface area contributed by atoms with Crippen LogP contribution in [-0.2, 0) is 0 Å². The zero-order chi connectivity index (χ0) is 16.4. The number of hydrogen-bond acceptors (Lipinski definition) is 5. The quantitative estimate of drug-likeness (QED) is 0.590. The van der Waals surface area contributed by atoms with Gasteiger partial charge in [0.1, 0.15) is 5.82 Å². The van der Waals surface area contributed by atoms with Crippen molar-refractivity contribution in [1.82, 2.24) is 9.97 Å². The summed E-state index contributed by atoms with van der Waals surface area (Å²) in [6, 6.07) is 13.6. The standard InChI is InChI=1S/C16H11FN4O2/c17-12-3-1-2-11(8-12)15-9-14(19-16(18)20-15)10-4-6-13(7-5-10)21(22)23/h1-9H,(H2,18,19,20). The van der Waals surface area contributed by atoms with E-state index in [2.05, 4.69) is 9.97 Å². The zero-order valence-electron chi connectivity index (χ0n) is 11.8. The van der Waals surface area contributed by atoms with Gasteiger partial charge in [0.05, 0.1) is 16.3 Å². The first-order chi connectivity index (χ1) is 11.0. The van der Waals surface area contributed by atoms with Crippen molar-refractivity contribution in [3.05, 3.63) is 70.5 Å².